The Morgan fingerprint density at radius 3 is 2.58 bits per heavy atom. The van der Waals surface area contributed by atoms with E-state index in [1.165, 1.54) is 0 Å². The van der Waals surface area contributed by atoms with Crippen LogP contribution < -0.4 is 21.3 Å². The highest BCUT2D eigenvalue weighted by atomic mass is 32.2. The van der Waals surface area contributed by atoms with Crippen LogP contribution in [0.4, 0.5) is 11.6 Å². The molecule has 0 aliphatic heterocycles. The van der Waals surface area contributed by atoms with Crippen molar-refractivity contribution >= 4 is 40.2 Å². The monoisotopic (exact) mass is 530 g/mol. The number of likely N-dealkylation sites (N-methyl/N-ethyl adjacent to an activating group) is 1. The predicted octanol–water partition coefficient (Wildman–Crippen LogP) is 4.37. The molecule has 9 nitrogen and oxygen atoms in total. The van der Waals surface area contributed by atoms with E-state index in [9.17, 15) is 4.79 Å². The summed E-state index contributed by atoms with van der Waals surface area (Å²) in [6, 6.07) is 13.7. The van der Waals surface area contributed by atoms with Crippen LogP contribution in [0.25, 0.3) is 22.2 Å². The van der Waals surface area contributed by atoms with Crippen LogP contribution in [0.15, 0.2) is 61.2 Å². The minimum absolute atomic E-state index is 0.106. The van der Waals surface area contributed by atoms with Gasteiger partial charge in [0, 0.05) is 54.8 Å². The number of nitrogens with zero attached hydrogens (tertiary/aromatic N) is 4. The maximum absolute atomic E-state index is 12.3. The third kappa shape index (κ3) is 6.56. The number of pyridine rings is 2. The number of benzene rings is 1. The van der Waals surface area contributed by atoms with Gasteiger partial charge in [-0.2, -0.15) is 0 Å². The molecule has 38 heavy (non-hydrogen) atoms. The number of hydrogen-bond acceptors (Lipinski definition) is 9. The zero-order valence-corrected chi connectivity index (χ0v) is 23.0. The van der Waals surface area contributed by atoms with Crippen LogP contribution >= 0.6 is 11.8 Å². The van der Waals surface area contributed by atoms with Crippen molar-refractivity contribution in [3.63, 3.8) is 0 Å². The van der Waals surface area contributed by atoms with E-state index in [-0.39, 0.29) is 11.8 Å². The Balaban J connectivity index is 1.38. The van der Waals surface area contributed by atoms with Gasteiger partial charge in [-0.3, -0.25) is 9.78 Å². The highest BCUT2D eigenvalue weighted by Crippen LogP contribution is 2.33. The summed E-state index contributed by atoms with van der Waals surface area (Å²) in [5.41, 5.74) is 4.40. The maximum Gasteiger partial charge on any atom is 0.251 e. The van der Waals surface area contributed by atoms with E-state index >= 15 is 0 Å². The number of aromatic nitrogens is 4. The minimum Gasteiger partial charge on any atom is -0.369 e. The Kier molecular flexibility index (Phi) is 9.45. The first-order valence-electron chi connectivity index (χ1n) is 12.6. The van der Waals surface area contributed by atoms with Gasteiger partial charge in [0.05, 0.1) is 22.7 Å². The minimum atomic E-state index is -0.106. The molecule has 4 rings (SSSR count). The number of nitrogens with one attached hydrogen (secondary N) is 4. The summed E-state index contributed by atoms with van der Waals surface area (Å²) in [7, 11) is 3.57. The second-order valence-electron chi connectivity index (χ2n) is 8.91. The third-order valence-corrected chi connectivity index (χ3v) is 7.72. The van der Waals surface area contributed by atoms with Crippen molar-refractivity contribution in [2.24, 2.45) is 0 Å². The van der Waals surface area contributed by atoms with Crippen molar-refractivity contribution < 1.29 is 4.79 Å². The lowest BCUT2D eigenvalue weighted by Gasteiger charge is -2.22. The van der Waals surface area contributed by atoms with E-state index < -0.39 is 0 Å². The van der Waals surface area contributed by atoms with E-state index in [1.54, 1.807) is 37.4 Å². The number of hydrogen-bond donors (Lipinski definition) is 4. The number of carbonyl (C=O) groups excluding carboxylic acids is 1. The van der Waals surface area contributed by atoms with Crippen molar-refractivity contribution in [3.8, 4) is 11.3 Å². The van der Waals surface area contributed by atoms with Gasteiger partial charge in [0.15, 0.2) is 0 Å². The van der Waals surface area contributed by atoms with Crippen molar-refractivity contribution in [2.75, 3.05) is 43.7 Å². The van der Waals surface area contributed by atoms with Crippen LogP contribution in [0.1, 0.15) is 35.7 Å². The van der Waals surface area contributed by atoms with Crippen LogP contribution in [-0.2, 0) is 0 Å². The van der Waals surface area contributed by atoms with Gasteiger partial charge in [-0.15, -0.1) is 11.8 Å². The van der Waals surface area contributed by atoms with E-state index in [0.717, 1.165) is 52.4 Å². The smallest absolute Gasteiger partial charge is 0.251 e. The summed E-state index contributed by atoms with van der Waals surface area (Å²) in [5, 5.41) is 13.7. The van der Waals surface area contributed by atoms with Crippen molar-refractivity contribution in [3.05, 3.63) is 72.3 Å². The fraction of sp³-hybridized carbons (Fsp3) is 0.321. The Bertz CT molecular complexity index is 1360. The first kappa shape index (κ1) is 27.3. The lowest BCUT2D eigenvalue weighted by molar-refractivity contribution is 0.0964. The molecule has 0 spiro atoms. The summed E-state index contributed by atoms with van der Waals surface area (Å²) in [5.74, 6) is 2.41. The lowest BCUT2D eigenvalue weighted by Crippen LogP contribution is -2.18. The normalized spacial score (nSPS) is 12.6. The molecule has 1 unspecified atom stereocenters. The molecule has 0 aliphatic rings. The highest BCUT2D eigenvalue weighted by Gasteiger charge is 2.20. The molecule has 10 heteroatoms. The Hall–Kier alpha value is -3.76. The van der Waals surface area contributed by atoms with Gasteiger partial charge in [-0.25, -0.2) is 15.0 Å². The Morgan fingerprint density at radius 1 is 0.947 bits per heavy atom. The van der Waals surface area contributed by atoms with Gasteiger partial charge in [-0.1, -0.05) is 32.0 Å². The number of carbonyl (C=O) groups is 1. The van der Waals surface area contributed by atoms with Crippen LogP contribution in [-0.4, -0.2) is 64.2 Å². The summed E-state index contributed by atoms with van der Waals surface area (Å²) >= 11 is 1.81. The maximum atomic E-state index is 12.3. The number of fused-ring (bicyclic) bond motifs is 1. The molecular formula is C28H34N8OS. The summed E-state index contributed by atoms with van der Waals surface area (Å²) in [4.78, 5) is 30.2. The Morgan fingerprint density at radius 2 is 1.82 bits per heavy atom. The van der Waals surface area contributed by atoms with Crippen LogP contribution in [0.3, 0.4) is 0 Å². The molecule has 0 saturated carbocycles. The number of thioether (sulfide) groups is 1. The van der Waals surface area contributed by atoms with Gasteiger partial charge >= 0.3 is 0 Å². The van der Waals surface area contributed by atoms with Crippen molar-refractivity contribution in [1.29, 1.82) is 0 Å². The predicted molar refractivity (Wildman–Crippen MR) is 157 cm³/mol. The number of anilines is 2. The molecule has 198 valence electrons. The number of rotatable bonds is 12. The molecule has 4 N–H and O–H groups in total. The SMILES string of the molecule is CNCCNc1ccc(-c2cc(NCS[C@@H](C)C(C)c3cccc4c(C(=O)NC)ccnc34)ncn2)cn1. The first-order valence-corrected chi connectivity index (χ1v) is 13.7. The van der Waals surface area contributed by atoms with Gasteiger partial charge in [-0.05, 0) is 36.7 Å². The summed E-state index contributed by atoms with van der Waals surface area (Å²) < 4.78 is 0. The average molecular weight is 531 g/mol. The molecule has 0 radical (unpaired) electrons. The average Bonchev–Trinajstić information content (AvgIpc) is 2.96. The number of amides is 1. The standard InChI is InChI=1S/C28H34N8OS/c1-18(21-6-5-7-22-23(28(37)30-4)10-11-32-27(21)22)19(2)38-17-36-26-14-24(34-16-35-26)20-8-9-25(33-15-20)31-13-12-29-3/h5-11,14-16,18-19,29H,12-13,17H2,1-4H3,(H,30,37)(H,31,33)(H,34,35,36)/t18?,19-/m0/s1. The molecule has 1 aromatic carbocycles. The summed E-state index contributed by atoms with van der Waals surface area (Å²) in [6.07, 6.45) is 5.10. The van der Waals surface area contributed by atoms with Crippen LogP contribution in [0, 0.1) is 0 Å². The van der Waals surface area contributed by atoms with Crippen molar-refractivity contribution in [2.45, 2.75) is 25.0 Å². The van der Waals surface area contributed by atoms with Crippen LogP contribution in [0.5, 0.6) is 0 Å². The molecule has 4 aromatic rings. The zero-order valence-electron chi connectivity index (χ0n) is 22.2. The largest absolute Gasteiger partial charge is 0.369 e. The van der Waals surface area contributed by atoms with E-state index in [1.807, 2.05) is 43.6 Å². The fourth-order valence-corrected chi connectivity index (χ4v) is 5.05. The van der Waals surface area contributed by atoms with Gasteiger partial charge in [0.2, 0.25) is 0 Å². The molecule has 3 heterocycles. The molecule has 3 aromatic heterocycles. The summed E-state index contributed by atoms with van der Waals surface area (Å²) in [6.45, 7) is 6.10. The van der Waals surface area contributed by atoms with Gasteiger partial charge in [0.25, 0.3) is 5.91 Å². The first-order chi connectivity index (χ1) is 18.5. The quantitative estimate of drug-likeness (QED) is 0.156. The van der Waals surface area contributed by atoms with E-state index in [4.69, 9.17) is 0 Å². The molecule has 2 atom stereocenters. The van der Waals surface area contributed by atoms with E-state index in [2.05, 4.69) is 61.1 Å². The Labute approximate surface area is 227 Å². The zero-order chi connectivity index (χ0) is 26.9. The van der Waals surface area contributed by atoms with Gasteiger partial charge in [0.1, 0.15) is 18.0 Å². The molecule has 0 saturated heterocycles. The van der Waals surface area contributed by atoms with Gasteiger partial charge < -0.3 is 21.3 Å². The second-order valence-corrected chi connectivity index (χ2v) is 10.3. The molecule has 1 amide bonds. The van der Waals surface area contributed by atoms with Crippen molar-refractivity contribution in [1.82, 2.24) is 30.6 Å². The third-order valence-electron chi connectivity index (χ3n) is 6.48. The fourth-order valence-electron chi connectivity index (χ4n) is 4.12. The molecule has 0 fully saturated rings. The molecule has 0 bridgehead atoms. The molecule has 0 aliphatic carbocycles. The molecular weight excluding hydrogens is 496 g/mol. The van der Waals surface area contributed by atoms with Crippen LogP contribution in [0.2, 0.25) is 0 Å². The van der Waals surface area contributed by atoms with E-state index in [0.29, 0.717) is 16.7 Å². The lowest BCUT2D eigenvalue weighted by atomic mass is 9.94. The highest BCUT2D eigenvalue weighted by molar-refractivity contribution is 8.00. The number of para-hydroxylation sites is 1. The second kappa shape index (κ2) is 13.2. The topological polar surface area (TPSA) is 117 Å².